The summed E-state index contributed by atoms with van der Waals surface area (Å²) in [4.78, 5) is 11.3. The Morgan fingerprint density at radius 1 is 1.50 bits per heavy atom. The quantitative estimate of drug-likeness (QED) is 0.797. The van der Waals surface area contributed by atoms with E-state index >= 15 is 0 Å². The van der Waals surface area contributed by atoms with E-state index in [2.05, 4.69) is 15.6 Å². The van der Waals surface area contributed by atoms with Gasteiger partial charge in [0.2, 0.25) is 5.43 Å². The Balaban J connectivity index is 1.57. The van der Waals surface area contributed by atoms with Gasteiger partial charge in [-0.25, -0.2) is 4.68 Å². The molecule has 2 aromatic heterocycles. The van der Waals surface area contributed by atoms with E-state index in [-0.39, 0.29) is 0 Å². The van der Waals surface area contributed by atoms with Gasteiger partial charge in [0, 0.05) is 12.6 Å². The molecule has 0 bridgehead atoms. The van der Waals surface area contributed by atoms with Gasteiger partial charge >= 0.3 is 0 Å². The highest BCUT2D eigenvalue weighted by Crippen LogP contribution is 2.27. The highest BCUT2D eigenvalue weighted by atomic mass is 16.4. The third kappa shape index (κ3) is 3.24. The second kappa shape index (κ2) is 5.46. The number of nitrogens with one attached hydrogen (secondary N) is 1. The molecule has 2 heterocycles. The Morgan fingerprint density at radius 3 is 3.10 bits per heavy atom. The van der Waals surface area contributed by atoms with Crippen molar-refractivity contribution in [2.75, 3.05) is 6.54 Å². The summed E-state index contributed by atoms with van der Waals surface area (Å²) in [6, 6.07) is 1.25. The summed E-state index contributed by atoms with van der Waals surface area (Å²) in [5.41, 5.74) is 0.393. The van der Waals surface area contributed by atoms with Gasteiger partial charge in [0.05, 0.1) is 11.9 Å². The van der Waals surface area contributed by atoms with Gasteiger partial charge < -0.3 is 14.8 Å². The number of hydrogen-bond acceptors (Lipinski definition) is 6. The summed E-state index contributed by atoms with van der Waals surface area (Å²) in [7, 11) is 0. The predicted molar refractivity (Wildman–Crippen MR) is 70.2 cm³/mol. The number of nitrogens with zero attached hydrogens (tertiary/aromatic N) is 3. The van der Waals surface area contributed by atoms with Crippen LogP contribution in [0.4, 0.5) is 0 Å². The molecule has 0 spiro atoms. The summed E-state index contributed by atoms with van der Waals surface area (Å²) in [5.74, 6) is 0.865. The number of aromatic hydroxyl groups is 1. The van der Waals surface area contributed by atoms with Crippen LogP contribution < -0.4 is 10.7 Å². The molecule has 0 aliphatic heterocycles. The molecule has 7 heteroatoms. The summed E-state index contributed by atoms with van der Waals surface area (Å²) < 4.78 is 6.72. The van der Waals surface area contributed by atoms with E-state index in [0.717, 1.165) is 24.4 Å². The van der Waals surface area contributed by atoms with Crippen LogP contribution in [0.3, 0.4) is 0 Å². The van der Waals surface area contributed by atoms with Crippen molar-refractivity contribution < 1.29 is 9.52 Å². The molecule has 0 amide bonds. The first-order valence-corrected chi connectivity index (χ1v) is 6.61. The fraction of sp³-hybridized carbons (Fsp3) is 0.462. The molecule has 0 unspecified atom stereocenters. The molecule has 0 aromatic carbocycles. The second-order valence-electron chi connectivity index (χ2n) is 5.08. The van der Waals surface area contributed by atoms with Crippen molar-refractivity contribution in [1.82, 2.24) is 20.3 Å². The lowest BCUT2D eigenvalue weighted by molar-refractivity contribution is 0.403. The van der Waals surface area contributed by atoms with E-state index in [1.165, 1.54) is 18.9 Å². The maximum absolute atomic E-state index is 11.3. The normalized spacial score (nSPS) is 14.6. The molecule has 20 heavy (non-hydrogen) atoms. The monoisotopic (exact) mass is 276 g/mol. The Labute approximate surface area is 115 Å². The van der Waals surface area contributed by atoms with Crippen LogP contribution >= 0.6 is 0 Å². The summed E-state index contributed by atoms with van der Waals surface area (Å²) in [5, 5.41) is 20.5. The minimum absolute atomic E-state index is 0.311. The summed E-state index contributed by atoms with van der Waals surface area (Å²) >= 11 is 0. The van der Waals surface area contributed by atoms with Crippen molar-refractivity contribution in [2.45, 2.75) is 25.9 Å². The van der Waals surface area contributed by atoms with Gasteiger partial charge in [-0.2, -0.15) is 0 Å². The lowest BCUT2D eigenvalue weighted by atomic mass is 10.3. The molecule has 7 nitrogen and oxygen atoms in total. The largest absolute Gasteiger partial charge is 0.502 e. The highest BCUT2D eigenvalue weighted by molar-refractivity contribution is 5.15. The zero-order chi connectivity index (χ0) is 13.9. The smallest absolute Gasteiger partial charge is 0.226 e. The molecule has 1 saturated carbocycles. The topological polar surface area (TPSA) is 93.2 Å². The molecule has 0 radical (unpaired) electrons. The minimum atomic E-state index is -0.460. The Morgan fingerprint density at radius 2 is 2.35 bits per heavy atom. The standard InChI is InChI=1S/C13H16N4O3/c18-12-3-11(20-8-13(12)19)7-17-6-10(15-16-17)5-14-4-9-1-2-9/h3,6,8-9,14,19H,1-2,4-5,7H2. The van der Waals surface area contributed by atoms with Crippen LogP contribution in [-0.2, 0) is 13.1 Å². The summed E-state index contributed by atoms with van der Waals surface area (Å²) in [6.07, 6.45) is 5.48. The molecular weight excluding hydrogens is 260 g/mol. The maximum atomic E-state index is 11.3. The second-order valence-corrected chi connectivity index (χ2v) is 5.08. The molecule has 0 atom stereocenters. The fourth-order valence-corrected chi connectivity index (χ4v) is 1.91. The van der Waals surface area contributed by atoms with Crippen LogP contribution in [0.25, 0.3) is 0 Å². The van der Waals surface area contributed by atoms with E-state index in [9.17, 15) is 4.79 Å². The first kappa shape index (κ1) is 12.9. The van der Waals surface area contributed by atoms with Gasteiger partial charge in [0.1, 0.15) is 18.6 Å². The van der Waals surface area contributed by atoms with Gasteiger partial charge in [-0.1, -0.05) is 5.21 Å². The van der Waals surface area contributed by atoms with Crippen molar-refractivity contribution in [3.8, 4) is 5.75 Å². The SMILES string of the molecule is O=c1cc(Cn2cc(CNCC3CC3)nn2)occ1O. The molecule has 1 fully saturated rings. The average Bonchev–Trinajstić information content (AvgIpc) is 3.14. The zero-order valence-electron chi connectivity index (χ0n) is 11.0. The maximum Gasteiger partial charge on any atom is 0.226 e. The minimum Gasteiger partial charge on any atom is -0.502 e. The molecular formula is C13H16N4O3. The third-order valence-corrected chi connectivity index (χ3v) is 3.21. The van der Waals surface area contributed by atoms with Gasteiger partial charge in [-0.15, -0.1) is 5.10 Å². The van der Waals surface area contributed by atoms with Crippen molar-refractivity contribution >= 4 is 0 Å². The van der Waals surface area contributed by atoms with Crippen LogP contribution in [0.2, 0.25) is 0 Å². The van der Waals surface area contributed by atoms with Crippen LogP contribution in [0.15, 0.2) is 27.7 Å². The van der Waals surface area contributed by atoms with Crippen LogP contribution in [0, 0.1) is 5.92 Å². The van der Waals surface area contributed by atoms with E-state index < -0.39 is 11.2 Å². The third-order valence-electron chi connectivity index (χ3n) is 3.21. The van der Waals surface area contributed by atoms with Gasteiger partial charge in [0.15, 0.2) is 5.75 Å². The fourth-order valence-electron chi connectivity index (χ4n) is 1.91. The molecule has 1 aliphatic rings. The summed E-state index contributed by atoms with van der Waals surface area (Å²) in [6.45, 7) is 2.03. The Bertz CT molecular complexity index is 645. The van der Waals surface area contributed by atoms with Gasteiger partial charge in [0.25, 0.3) is 0 Å². The molecule has 106 valence electrons. The Hall–Kier alpha value is -2.15. The number of rotatable bonds is 6. The van der Waals surface area contributed by atoms with Crippen molar-refractivity contribution in [1.29, 1.82) is 0 Å². The average molecular weight is 276 g/mol. The van der Waals surface area contributed by atoms with Crippen molar-refractivity contribution in [3.63, 3.8) is 0 Å². The van der Waals surface area contributed by atoms with Crippen LogP contribution in [0.5, 0.6) is 5.75 Å². The molecule has 0 saturated heterocycles. The van der Waals surface area contributed by atoms with Crippen LogP contribution in [0.1, 0.15) is 24.3 Å². The van der Waals surface area contributed by atoms with Gasteiger partial charge in [-0.05, 0) is 25.3 Å². The zero-order valence-corrected chi connectivity index (χ0v) is 11.0. The number of hydrogen-bond donors (Lipinski definition) is 2. The Kier molecular flexibility index (Phi) is 3.51. The molecule has 1 aliphatic carbocycles. The van der Waals surface area contributed by atoms with Crippen molar-refractivity contribution in [3.05, 3.63) is 40.2 Å². The predicted octanol–water partition coefficient (Wildman–Crippen LogP) is 0.485. The van der Waals surface area contributed by atoms with Crippen LogP contribution in [-0.4, -0.2) is 26.6 Å². The lowest BCUT2D eigenvalue weighted by Crippen LogP contribution is -2.16. The first-order valence-electron chi connectivity index (χ1n) is 6.61. The van der Waals surface area contributed by atoms with E-state index in [1.54, 1.807) is 4.68 Å². The van der Waals surface area contributed by atoms with Crippen molar-refractivity contribution in [2.24, 2.45) is 5.92 Å². The first-order chi connectivity index (χ1) is 9.70. The molecule has 2 N–H and O–H groups in total. The molecule has 2 aromatic rings. The van der Waals surface area contributed by atoms with E-state index in [1.807, 2.05) is 6.20 Å². The highest BCUT2D eigenvalue weighted by Gasteiger charge is 2.20. The van der Waals surface area contributed by atoms with E-state index in [0.29, 0.717) is 18.8 Å². The number of aromatic nitrogens is 3. The van der Waals surface area contributed by atoms with Gasteiger partial charge in [-0.3, -0.25) is 4.79 Å². The molecule has 3 rings (SSSR count). The van der Waals surface area contributed by atoms with E-state index in [4.69, 9.17) is 9.52 Å². The lowest BCUT2D eigenvalue weighted by Gasteiger charge is -2.00.